The van der Waals surface area contributed by atoms with Crippen LogP contribution >= 0.6 is 23.2 Å². The molecule has 0 atom stereocenters. The molecule has 1 fully saturated rings. The van der Waals surface area contributed by atoms with E-state index >= 15 is 0 Å². The van der Waals surface area contributed by atoms with Crippen LogP contribution < -0.4 is 5.73 Å². The molecule has 0 radical (unpaired) electrons. The van der Waals surface area contributed by atoms with Crippen molar-refractivity contribution in [2.45, 2.75) is 12.8 Å². The molecule has 1 aliphatic rings. The number of hydrogen-bond acceptors (Lipinski definition) is 3. The molecule has 3 nitrogen and oxygen atoms in total. The number of halogens is 2. The van der Waals surface area contributed by atoms with Crippen molar-refractivity contribution >= 4 is 34.7 Å². The second kappa shape index (κ2) is 5.31. The van der Waals surface area contributed by atoms with Gasteiger partial charge in [-0.3, -0.25) is 4.79 Å². The first-order valence-corrected chi connectivity index (χ1v) is 6.40. The predicted molar refractivity (Wildman–Crippen MR) is 72.4 cm³/mol. The number of aliphatic hydroxyl groups excluding tert-OH is 1. The fraction of sp³-hybridized carbons (Fsp3) is 0.308. The number of carbonyl (C=O) groups excluding carboxylic acids is 1. The number of hydrogen-bond donors (Lipinski definition) is 2. The Labute approximate surface area is 115 Å². The van der Waals surface area contributed by atoms with Crippen LogP contribution in [-0.4, -0.2) is 17.5 Å². The molecule has 96 valence electrons. The topological polar surface area (TPSA) is 63.3 Å². The fourth-order valence-corrected chi connectivity index (χ4v) is 2.39. The van der Waals surface area contributed by atoms with Crippen molar-refractivity contribution in [1.29, 1.82) is 0 Å². The first kappa shape index (κ1) is 13.4. The van der Waals surface area contributed by atoms with Crippen molar-refractivity contribution in [2.24, 2.45) is 11.7 Å². The summed E-state index contributed by atoms with van der Waals surface area (Å²) >= 11 is 12.1. The molecule has 1 aromatic rings. The van der Waals surface area contributed by atoms with Gasteiger partial charge in [0.15, 0.2) is 5.78 Å². The molecule has 0 saturated heterocycles. The summed E-state index contributed by atoms with van der Waals surface area (Å²) in [6, 6.07) is 4.99. The molecule has 0 spiro atoms. The Kier molecular flexibility index (Phi) is 3.95. The van der Waals surface area contributed by atoms with Gasteiger partial charge in [0.25, 0.3) is 0 Å². The quantitative estimate of drug-likeness (QED) is 0.836. The van der Waals surface area contributed by atoms with Gasteiger partial charge in [0.05, 0.1) is 22.3 Å². The fourth-order valence-electron chi connectivity index (χ4n) is 1.79. The molecule has 1 saturated carbocycles. The summed E-state index contributed by atoms with van der Waals surface area (Å²) in [5, 5.41) is 10.1. The van der Waals surface area contributed by atoms with Crippen LogP contribution in [0.1, 0.15) is 18.4 Å². The average Bonchev–Trinajstić information content (AvgIpc) is 3.13. The minimum absolute atomic E-state index is 0.00744. The smallest absolute Gasteiger partial charge is 0.166 e. The predicted octanol–water partition coefficient (Wildman–Crippen LogP) is 2.63. The van der Waals surface area contributed by atoms with Crippen molar-refractivity contribution in [3.8, 4) is 0 Å². The minimum atomic E-state index is -0.400. The lowest BCUT2D eigenvalue weighted by Gasteiger charge is -2.12. The van der Waals surface area contributed by atoms with Gasteiger partial charge in [-0.05, 0) is 25.0 Å². The lowest BCUT2D eigenvalue weighted by molar-refractivity contribution is -0.117. The molecule has 18 heavy (non-hydrogen) atoms. The number of ketones is 1. The molecule has 0 aliphatic heterocycles. The summed E-state index contributed by atoms with van der Waals surface area (Å²) in [6.07, 6.45) is 1.71. The zero-order valence-corrected chi connectivity index (χ0v) is 11.1. The maximum Gasteiger partial charge on any atom is 0.166 e. The highest BCUT2D eigenvalue weighted by molar-refractivity contribution is 6.37. The molecule has 3 N–H and O–H groups in total. The number of Topliss-reactive ketones (excluding diaryl/α,β-unsaturated/α-hetero) is 1. The van der Waals surface area contributed by atoms with Crippen LogP contribution in [-0.2, 0) is 4.79 Å². The Morgan fingerprint density at radius 3 is 2.33 bits per heavy atom. The van der Waals surface area contributed by atoms with E-state index in [0.717, 1.165) is 12.8 Å². The molecule has 1 aromatic carbocycles. The van der Waals surface area contributed by atoms with Gasteiger partial charge in [-0.1, -0.05) is 29.3 Å². The van der Waals surface area contributed by atoms with Gasteiger partial charge in [0, 0.05) is 17.1 Å². The second-order valence-electron chi connectivity index (χ2n) is 4.29. The summed E-state index contributed by atoms with van der Waals surface area (Å²) in [6.45, 7) is -0.400. The minimum Gasteiger partial charge on any atom is -0.398 e. The Morgan fingerprint density at radius 2 is 1.89 bits per heavy atom. The average molecular weight is 286 g/mol. The highest BCUT2D eigenvalue weighted by Gasteiger charge is 2.33. The number of carbonyl (C=O) groups is 1. The van der Waals surface area contributed by atoms with E-state index in [1.807, 2.05) is 0 Å². The second-order valence-corrected chi connectivity index (χ2v) is 5.10. The van der Waals surface area contributed by atoms with Crippen molar-refractivity contribution in [2.75, 3.05) is 6.61 Å². The van der Waals surface area contributed by atoms with Crippen LogP contribution in [0.3, 0.4) is 0 Å². The number of benzene rings is 1. The Hall–Kier alpha value is -1.03. The molecule has 0 heterocycles. The first-order valence-electron chi connectivity index (χ1n) is 5.64. The molecule has 2 rings (SSSR count). The molecule has 0 bridgehead atoms. The maximum atomic E-state index is 12.0. The van der Waals surface area contributed by atoms with Crippen molar-refractivity contribution in [3.05, 3.63) is 39.4 Å². The largest absolute Gasteiger partial charge is 0.398 e. The van der Waals surface area contributed by atoms with Gasteiger partial charge in [0.1, 0.15) is 0 Å². The SMILES string of the molecule is NC(=C(CO)C(=O)C1CC1)c1c(Cl)cccc1Cl. The van der Waals surface area contributed by atoms with Crippen LogP contribution in [0.4, 0.5) is 0 Å². The van der Waals surface area contributed by atoms with Crippen LogP contribution in [0.15, 0.2) is 23.8 Å². The van der Waals surface area contributed by atoms with Crippen LogP contribution in [0, 0.1) is 5.92 Å². The highest BCUT2D eigenvalue weighted by atomic mass is 35.5. The van der Waals surface area contributed by atoms with E-state index in [9.17, 15) is 9.90 Å². The van der Waals surface area contributed by atoms with Gasteiger partial charge in [-0.2, -0.15) is 0 Å². The van der Waals surface area contributed by atoms with Crippen LogP contribution in [0.2, 0.25) is 10.0 Å². The Balaban J connectivity index is 2.49. The van der Waals surface area contributed by atoms with Crippen molar-refractivity contribution in [3.63, 3.8) is 0 Å². The number of rotatable bonds is 4. The van der Waals surface area contributed by atoms with E-state index in [1.54, 1.807) is 18.2 Å². The van der Waals surface area contributed by atoms with Crippen molar-refractivity contribution < 1.29 is 9.90 Å². The molecule has 0 aromatic heterocycles. The highest BCUT2D eigenvalue weighted by Crippen LogP contribution is 2.35. The lowest BCUT2D eigenvalue weighted by atomic mass is 10.0. The summed E-state index contributed by atoms with van der Waals surface area (Å²) in [5.41, 5.74) is 6.74. The molecule has 1 aliphatic carbocycles. The third kappa shape index (κ3) is 2.53. The molecular weight excluding hydrogens is 273 g/mol. The standard InChI is InChI=1S/C13H13Cl2NO2/c14-9-2-1-3-10(15)11(9)12(16)8(6-17)13(18)7-4-5-7/h1-3,7,17H,4-6,16H2. The van der Waals surface area contributed by atoms with E-state index in [1.165, 1.54) is 0 Å². The summed E-state index contributed by atoms with van der Waals surface area (Å²) in [5.74, 6) is -0.113. The number of nitrogens with two attached hydrogens (primary N) is 1. The first-order chi connectivity index (χ1) is 8.56. The van der Waals surface area contributed by atoms with Gasteiger partial charge >= 0.3 is 0 Å². The van der Waals surface area contributed by atoms with Crippen molar-refractivity contribution in [1.82, 2.24) is 0 Å². The van der Waals surface area contributed by atoms with Gasteiger partial charge < -0.3 is 10.8 Å². The van der Waals surface area contributed by atoms with Gasteiger partial charge in [-0.25, -0.2) is 0 Å². The monoisotopic (exact) mass is 285 g/mol. The summed E-state index contributed by atoms with van der Waals surface area (Å²) in [7, 11) is 0. The number of aliphatic hydroxyl groups is 1. The lowest BCUT2D eigenvalue weighted by Crippen LogP contribution is -2.15. The van der Waals surface area contributed by atoms with Gasteiger partial charge in [0.2, 0.25) is 0 Å². The molecule has 5 heteroatoms. The summed E-state index contributed by atoms with van der Waals surface area (Å²) in [4.78, 5) is 12.0. The molecule has 0 unspecified atom stereocenters. The van der Waals surface area contributed by atoms with E-state index < -0.39 is 6.61 Å². The van der Waals surface area contributed by atoms with E-state index in [4.69, 9.17) is 28.9 Å². The van der Waals surface area contributed by atoms with E-state index in [0.29, 0.717) is 15.6 Å². The summed E-state index contributed by atoms with van der Waals surface area (Å²) < 4.78 is 0. The third-order valence-corrected chi connectivity index (χ3v) is 3.59. The van der Waals surface area contributed by atoms with Crippen LogP contribution in [0.5, 0.6) is 0 Å². The normalized spacial score (nSPS) is 16.4. The van der Waals surface area contributed by atoms with E-state index in [2.05, 4.69) is 0 Å². The maximum absolute atomic E-state index is 12.0. The zero-order chi connectivity index (χ0) is 13.3. The Bertz CT molecular complexity index is 501. The van der Waals surface area contributed by atoms with Crippen LogP contribution in [0.25, 0.3) is 5.70 Å². The Morgan fingerprint density at radius 1 is 1.33 bits per heavy atom. The van der Waals surface area contributed by atoms with Gasteiger partial charge in [-0.15, -0.1) is 0 Å². The van der Waals surface area contributed by atoms with E-state index in [-0.39, 0.29) is 23.0 Å². The third-order valence-electron chi connectivity index (χ3n) is 2.96. The zero-order valence-electron chi connectivity index (χ0n) is 9.62. The molecular formula is C13H13Cl2NO2. The molecule has 0 amide bonds.